The summed E-state index contributed by atoms with van der Waals surface area (Å²) in [6.45, 7) is 2.62. The van der Waals surface area contributed by atoms with E-state index in [1.807, 2.05) is 37.3 Å². The van der Waals surface area contributed by atoms with Crippen molar-refractivity contribution in [1.82, 2.24) is 0 Å². The Kier molecular flexibility index (Phi) is 6.98. The highest BCUT2D eigenvalue weighted by molar-refractivity contribution is 6.32. The third kappa shape index (κ3) is 5.42. The maximum Gasteiger partial charge on any atom is 0.255 e. The van der Waals surface area contributed by atoms with Crippen molar-refractivity contribution in [2.24, 2.45) is 0 Å². The van der Waals surface area contributed by atoms with Crippen LogP contribution in [0.15, 0.2) is 66.7 Å². The van der Waals surface area contributed by atoms with E-state index in [1.165, 1.54) is 0 Å². The molecule has 1 amide bonds. The summed E-state index contributed by atoms with van der Waals surface area (Å²) in [4.78, 5) is 12.8. The Hall–Kier alpha value is -3.18. The van der Waals surface area contributed by atoms with E-state index in [-0.39, 0.29) is 5.91 Å². The van der Waals surface area contributed by atoms with Gasteiger partial charge in [0.05, 0.1) is 18.7 Å². The molecule has 150 valence electrons. The first kappa shape index (κ1) is 20.6. The first-order chi connectivity index (χ1) is 14.1. The van der Waals surface area contributed by atoms with Crippen LogP contribution in [-0.2, 0) is 6.61 Å². The SMILES string of the molecule is CCOc1c(Cl)cc(C(=O)Nc2cccc(OC)c2)cc1OCc1ccccc1. The Morgan fingerprint density at radius 1 is 1.00 bits per heavy atom. The number of halogens is 1. The van der Waals surface area contributed by atoms with Crippen molar-refractivity contribution in [3.8, 4) is 17.2 Å². The topological polar surface area (TPSA) is 56.8 Å². The minimum absolute atomic E-state index is 0.312. The molecule has 0 aromatic heterocycles. The molecule has 0 saturated heterocycles. The van der Waals surface area contributed by atoms with E-state index in [9.17, 15) is 4.79 Å². The average Bonchev–Trinajstić information content (AvgIpc) is 2.75. The summed E-state index contributed by atoms with van der Waals surface area (Å²) < 4.78 is 16.7. The van der Waals surface area contributed by atoms with Crippen LogP contribution in [0.4, 0.5) is 5.69 Å². The molecule has 0 heterocycles. The van der Waals surface area contributed by atoms with Crippen molar-refractivity contribution in [3.63, 3.8) is 0 Å². The van der Waals surface area contributed by atoms with E-state index in [0.717, 1.165) is 5.56 Å². The summed E-state index contributed by atoms with van der Waals surface area (Å²) in [6.07, 6.45) is 0. The van der Waals surface area contributed by atoms with Crippen LogP contribution in [0.1, 0.15) is 22.8 Å². The maximum absolute atomic E-state index is 12.8. The number of rotatable bonds is 8. The van der Waals surface area contributed by atoms with Crippen LogP contribution in [0.2, 0.25) is 5.02 Å². The molecule has 29 heavy (non-hydrogen) atoms. The number of methoxy groups -OCH3 is 1. The molecule has 0 aliphatic carbocycles. The number of carbonyl (C=O) groups excluding carboxylic acids is 1. The number of anilines is 1. The number of benzene rings is 3. The molecule has 0 saturated carbocycles. The van der Waals surface area contributed by atoms with Crippen molar-refractivity contribution in [2.45, 2.75) is 13.5 Å². The largest absolute Gasteiger partial charge is 0.497 e. The second-order valence-electron chi connectivity index (χ2n) is 6.18. The quantitative estimate of drug-likeness (QED) is 0.525. The third-order valence-corrected chi connectivity index (χ3v) is 4.41. The van der Waals surface area contributed by atoms with Gasteiger partial charge in [0.2, 0.25) is 0 Å². The summed E-state index contributed by atoms with van der Waals surface area (Å²) >= 11 is 6.38. The van der Waals surface area contributed by atoms with Crippen LogP contribution in [-0.4, -0.2) is 19.6 Å². The minimum Gasteiger partial charge on any atom is -0.497 e. The van der Waals surface area contributed by atoms with E-state index in [4.69, 9.17) is 25.8 Å². The van der Waals surface area contributed by atoms with Gasteiger partial charge in [-0.05, 0) is 36.8 Å². The summed E-state index contributed by atoms with van der Waals surface area (Å²) in [5, 5.41) is 3.15. The molecular weight excluding hydrogens is 390 g/mol. The fraction of sp³-hybridized carbons (Fsp3) is 0.174. The van der Waals surface area contributed by atoms with Crippen molar-refractivity contribution in [2.75, 3.05) is 19.0 Å². The molecule has 0 radical (unpaired) electrons. The lowest BCUT2D eigenvalue weighted by molar-refractivity contribution is 0.102. The van der Waals surface area contributed by atoms with E-state index in [2.05, 4.69) is 5.32 Å². The van der Waals surface area contributed by atoms with Gasteiger partial charge in [-0.15, -0.1) is 0 Å². The molecule has 0 aliphatic heterocycles. The van der Waals surface area contributed by atoms with Crippen molar-refractivity contribution >= 4 is 23.2 Å². The van der Waals surface area contributed by atoms with Crippen LogP contribution in [0.25, 0.3) is 0 Å². The molecule has 3 aromatic carbocycles. The molecular formula is C23H22ClNO4. The zero-order chi connectivity index (χ0) is 20.6. The number of carbonyl (C=O) groups is 1. The van der Waals surface area contributed by atoms with Crippen LogP contribution < -0.4 is 19.5 Å². The van der Waals surface area contributed by atoms with Crippen molar-refractivity contribution in [1.29, 1.82) is 0 Å². The summed E-state index contributed by atoms with van der Waals surface area (Å²) in [6, 6.07) is 20.1. The predicted molar refractivity (Wildman–Crippen MR) is 114 cm³/mol. The average molecular weight is 412 g/mol. The highest BCUT2D eigenvalue weighted by Crippen LogP contribution is 2.37. The Morgan fingerprint density at radius 2 is 1.79 bits per heavy atom. The lowest BCUT2D eigenvalue weighted by Gasteiger charge is -2.15. The Morgan fingerprint density at radius 3 is 2.52 bits per heavy atom. The Bertz CT molecular complexity index is 976. The lowest BCUT2D eigenvalue weighted by Crippen LogP contribution is -2.12. The van der Waals surface area contributed by atoms with Gasteiger partial charge in [-0.2, -0.15) is 0 Å². The summed E-state index contributed by atoms with van der Waals surface area (Å²) in [5.41, 5.74) is 1.98. The fourth-order valence-electron chi connectivity index (χ4n) is 2.73. The number of hydrogen-bond acceptors (Lipinski definition) is 4. The van der Waals surface area contributed by atoms with Gasteiger partial charge in [-0.25, -0.2) is 0 Å². The fourth-order valence-corrected chi connectivity index (χ4v) is 3.00. The Balaban J connectivity index is 1.84. The van der Waals surface area contributed by atoms with E-state index < -0.39 is 0 Å². The molecule has 5 nitrogen and oxygen atoms in total. The predicted octanol–water partition coefficient (Wildman–Crippen LogP) is 5.58. The normalized spacial score (nSPS) is 10.3. The standard InChI is InChI=1S/C23H22ClNO4/c1-3-28-22-20(24)12-17(13-21(22)29-15-16-8-5-4-6-9-16)23(26)25-18-10-7-11-19(14-18)27-2/h4-14H,3,15H2,1-2H3,(H,25,26). The monoisotopic (exact) mass is 411 g/mol. The lowest BCUT2D eigenvalue weighted by atomic mass is 10.1. The molecule has 0 unspecified atom stereocenters. The van der Waals surface area contributed by atoms with Crippen LogP contribution in [0.3, 0.4) is 0 Å². The van der Waals surface area contributed by atoms with Crippen LogP contribution in [0, 0.1) is 0 Å². The second-order valence-corrected chi connectivity index (χ2v) is 6.59. The smallest absolute Gasteiger partial charge is 0.255 e. The maximum atomic E-state index is 12.8. The molecule has 0 bridgehead atoms. The molecule has 1 N–H and O–H groups in total. The van der Waals surface area contributed by atoms with Gasteiger partial charge < -0.3 is 19.5 Å². The van der Waals surface area contributed by atoms with E-state index in [1.54, 1.807) is 43.5 Å². The van der Waals surface area contributed by atoms with Crippen molar-refractivity contribution in [3.05, 3.63) is 82.9 Å². The van der Waals surface area contributed by atoms with Gasteiger partial charge in [0.25, 0.3) is 5.91 Å². The molecule has 0 spiro atoms. The molecule has 6 heteroatoms. The minimum atomic E-state index is -0.312. The second kappa shape index (κ2) is 9.85. The van der Waals surface area contributed by atoms with Crippen LogP contribution >= 0.6 is 11.6 Å². The van der Waals surface area contributed by atoms with Gasteiger partial charge in [0, 0.05) is 17.3 Å². The van der Waals surface area contributed by atoms with Gasteiger partial charge in [-0.3, -0.25) is 4.79 Å². The highest BCUT2D eigenvalue weighted by Gasteiger charge is 2.17. The Labute approximate surface area is 175 Å². The highest BCUT2D eigenvalue weighted by atomic mass is 35.5. The van der Waals surface area contributed by atoms with Crippen LogP contribution in [0.5, 0.6) is 17.2 Å². The van der Waals surface area contributed by atoms with Crippen molar-refractivity contribution < 1.29 is 19.0 Å². The molecule has 3 aromatic rings. The number of ether oxygens (including phenoxy) is 3. The van der Waals surface area contributed by atoms with Gasteiger partial charge in [-0.1, -0.05) is 48.0 Å². The van der Waals surface area contributed by atoms with Gasteiger partial charge in [0.15, 0.2) is 11.5 Å². The zero-order valence-electron chi connectivity index (χ0n) is 16.3. The summed E-state index contributed by atoms with van der Waals surface area (Å²) in [7, 11) is 1.57. The van der Waals surface area contributed by atoms with Gasteiger partial charge in [0.1, 0.15) is 12.4 Å². The van der Waals surface area contributed by atoms with Gasteiger partial charge >= 0.3 is 0 Å². The zero-order valence-corrected chi connectivity index (χ0v) is 17.0. The first-order valence-corrected chi connectivity index (χ1v) is 9.57. The molecule has 0 atom stereocenters. The summed E-state index contributed by atoms with van der Waals surface area (Å²) in [5.74, 6) is 1.18. The molecule has 3 rings (SSSR count). The molecule has 0 fully saturated rings. The first-order valence-electron chi connectivity index (χ1n) is 9.19. The number of nitrogens with one attached hydrogen (secondary N) is 1. The van der Waals surface area contributed by atoms with E-state index >= 15 is 0 Å². The number of hydrogen-bond donors (Lipinski definition) is 1. The van der Waals surface area contributed by atoms with E-state index in [0.29, 0.717) is 46.7 Å². The third-order valence-electron chi connectivity index (χ3n) is 4.13. The number of amides is 1. The molecule has 0 aliphatic rings.